The fraction of sp³-hybridized carbons (Fsp3) is 0.105. The van der Waals surface area contributed by atoms with E-state index in [4.69, 9.17) is 16.3 Å². The molecule has 0 radical (unpaired) electrons. The number of hydrogen-bond acceptors (Lipinski definition) is 6. The molecule has 0 saturated heterocycles. The van der Waals surface area contributed by atoms with Crippen LogP contribution in [0.1, 0.15) is 6.92 Å². The highest BCUT2D eigenvalue weighted by atomic mass is 35.5. The maximum absolute atomic E-state index is 14.0. The van der Waals surface area contributed by atoms with Crippen LogP contribution in [0.4, 0.5) is 14.6 Å². The Morgan fingerprint density at radius 3 is 2.65 bits per heavy atom. The second-order valence-electron chi connectivity index (χ2n) is 6.31. The minimum atomic E-state index is -3.75. The van der Waals surface area contributed by atoms with Crippen molar-refractivity contribution in [2.45, 2.75) is 6.92 Å². The molecule has 0 aliphatic carbocycles. The van der Waals surface area contributed by atoms with Gasteiger partial charge in [-0.3, -0.25) is 9.82 Å². The van der Waals surface area contributed by atoms with E-state index in [0.29, 0.717) is 22.3 Å². The number of fused-ring (bicyclic) bond motifs is 1. The Bertz CT molecular complexity index is 1390. The Kier molecular flexibility index (Phi) is 5.46. The van der Waals surface area contributed by atoms with Gasteiger partial charge >= 0.3 is 6.01 Å². The SMILES string of the molecule is CCS(=O)(=O)Nc1nc(Oc2ccc(F)cc2F)nc2n[nH]c(-c3ccccc3Cl)c12. The number of nitrogens with zero attached hydrogens (tertiary/aromatic N) is 3. The highest BCUT2D eigenvalue weighted by molar-refractivity contribution is 7.92. The van der Waals surface area contributed by atoms with E-state index in [9.17, 15) is 17.2 Å². The van der Waals surface area contributed by atoms with Gasteiger partial charge in [-0.1, -0.05) is 29.8 Å². The molecule has 0 aliphatic heterocycles. The molecule has 0 amide bonds. The number of rotatable bonds is 6. The van der Waals surface area contributed by atoms with Crippen LogP contribution >= 0.6 is 11.6 Å². The van der Waals surface area contributed by atoms with Crippen LogP contribution in [-0.2, 0) is 10.0 Å². The number of nitrogens with one attached hydrogen (secondary N) is 2. The minimum absolute atomic E-state index is 0.0521. The van der Waals surface area contributed by atoms with Crippen LogP contribution in [-0.4, -0.2) is 34.3 Å². The van der Waals surface area contributed by atoms with Gasteiger partial charge in [-0.05, 0) is 25.1 Å². The molecule has 160 valence electrons. The topological polar surface area (TPSA) is 110 Å². The second-order valence-corrected chi connectivity index (χ2v) is 8.73. The van der Waals surface area contributed by atoms with Crippen molar-refractivity contribution >= 4 is 38.5 Å². The largest absolute Gasteiger partial charge is 0.421 e. The first-order valence-corrected chi connectivity index (χ1v) is 10.9. The van der Waals surface area contributed by atoms with Crippen LogP contribution in [0.5, 0.6) is 11.8 Å². The number of hydrogen-bond donors (Lipinski definition) is 2. The van der Waals surface area contributed by atoms with Gasteiger partial charge in [-0.2, -0.15) is 15.1 Å². The number of halogens is 3. The Balaban J connectivity index is 1.88. The molecular formula is C19H14ClF2N5O3S. The van der Waals surface area contributed by atoms with E-state index >= 15 is 0 Å². The fourth-order valence-corrected chi connectivity index (χ4v) is 3.58. The van der Waals surface area contributed by atoms with E-state index in [1.165, 1.54) is 6.92 Å². The zero-order chi connectivity index (χ0) is 22.2. The Morgan fingerprint density at radius 2 is 1.94 bits per heavy atom. The lowest BCUT2D eigenvalue weighted by Gasteiger charge is -2.10. The first-order valence-electron chi connectivity index (χ1n) is 8.92. The molecule has 12 heteroatoms. The third-order valence-corrected chi connectivity index (χ3v) is 5.86. The summed E-state index contributed by atoms with van der Waals surface area (Å²) in [6.45, 7) is 1.45. The second kappa shape index (κ2) is 8.08. The van der Waals surface area contributed by atoms with Crippen molar-refractivity contribution in [1.82, 2.24) is 20.2 Å². The van der Waals surface area contributed by atoms with Crippen molar-refractivity contribution in [3.8, 4) is 23.0 Å². The van der Waals surface area contributed by atoms with Crippen molar-refractivity contribution in [2.24, 2.45) is 0 Å². The molecule has 0 unspecified atom stereocenters. The molecule has 2 heterocycles. The van der Waals surface area contributed by atoms with Gasteiger partial charge in [0.15, 0.2) is 23.0 Å². The van der Waals surface area contributed by atoms with E-state index < -0.39 is 21.7 Å². The van der Waals surface area contributed by atoms with Crippen molar-refractivity contribution in [3.63, 3.8) is 0 Å². The molecule has 4 aromatic rings. The Hall–Kier alpha value is -3.31. The van der Waals surface area contributed by atoms with Gasteiger partial charge in [0, 0.05) is 16.7 Å². The van der Waals surface area contributed by atoms with Crippen LogP contribution in [0.15, 0.2) is 42.5 Å². The van der Waals surface area contributed by atoms with Gasteiger partial charge in [0.1, 0.15) is 5.82 Å². The summed E-state index contributed by atoms with van der Waals surface area (Å²) < 4.78 is 59.3. The van der Waals surface area contributed by atoms with E-state index in [-0.39, 0.29) is 34.4 Å². The molecule has 0 saturated carbocycles. The molecule has 2 N–H and O–H groups in total. The van der Waals surface area contributed by atoms with Gasteiger partial charge in [0.2, 0.25) is 10.0 Å². The number of aromatic amines is 1. The van der Waals surface area contributed by atoms with Crippen LogP contribution in [0.3, 0.4) is 0 Å². The van der Waals surface area contributed by atoms with E-state index in [2.05, 4.69) is 24.9 Å². The predicted molar refractivity (Wildman–Crippen MR) is 112 cm³/mol. The summed E-state index contributed by atoms with van der Waals surface area (Å²) in [6.07, 6.45) is 0. The van der Waals surface area contributed by atoms with Crippen molar-refractivity contribution in [1.29, 1.82) is 0 Å². The van der Waals surface area contributed by atoms with Crippen molar-refractivity contribution in [3.05, 3.63) is 59.1 Å². The summed E-state index contributed by atoms with van der Waals surface area (Å²) in [5.41, 5.74) is 0.982. The van der Waals surface area contributed by atoms with E-state index in [1.54, 1.807) is 24.3 Å². The molecule has 0 fully saturated rings. The lowest BCUT2D eigenvalue weighted by molar-refractivity contribution is 0.410. The first-order chi connectivity index (χ1) is 14.8. The molecule has 31 heavy (non-hydrogen) atoms. The third kappa shape index (κ3) is 4.28. The lowest BCUT2D eigenvalue weighted by atomic mass is 10.1. The summed E-state index contributed by atoms with van der Waals surface area (Å²) in [6, 6.07) is 9.18. The quantitative estimate of drug-likeness (QED) is 0.433. The standard InChI is InChI=1S/C19H14ClF2N5O3S/c1-2-31(28,29)27-18-15-16(11-5-3-4-6-12(11)20)25-26-17(15)23-19(24-18)30-14-8-7-10(21)9-13(14)22/h3-9H,2H2,1H3,(H2,23,24,25,26,27). The van der Waals surface area contributed by atoms with Gasteiger partial charge < -0.3 is 4.74 Å². The smallest absolute Gasteiger partial charge is 0.326 e. The number of aromatic nitrogens is 4. The lowest BCUT2D eigenvalue weighted by Crippen LogP contribution is -2.16. The summed E-state index contributed by atoms with van der Waals surface area (Å²) in [5, 5.41) is 7.50. The molecule has 0 bridgehead atoms. The molecular weight excluding hydrogens is 452 g/mol. The number of ether oxygens (including phenoxy) is 1. The highest BCUT2D eigenvalue weighted by Crippen LogP contribution is 2.36. The third-order valence-electron chi connectivity index (χ3n) is 4.26. The van der Waals surface area contributed by atoms with Crippen LogP contribution in [0.2, 0.25) is 5.02 Å². The summed E-state index contributed by atoms with van der Waals surface area (Å²) in [5.74, 6) is -2.45. The Morgan fingerprint density at radius 1 is 1.16 bits per heavy atom. The molecule has 8 nitrogen and oxygen atoms in total. The average molecular weight is 466 g/mol. The minimum Gasteiger partial charge on any atom is -0.421 e. The molecule has 0 aliphatic rings. The van der Waals surface area contributed by atoms with Gasteiger partial charge in [0.05, 0.1) is 16.8 Å². The maximum Gasteiger partial charge on any atom is 0.326 e. The molecule has 0 spiro atoms. The normalized spacial score (nSPS) is 11.6. The number of anilines is 1. The van der Waals surface area contributed by atoms with Crippen molar-refractivity contribution in [2.75, 3.05) is 10.5 Å². The molecule has 4 rings (SSSR count). The summed E-state index contributed by atoms with van der Waals surface area (Å²) in [4.78, 5) is 8.21. The van der Waals surface area contributed by atoms with Gasteiger partial charge in [-0.15, -0.1) is 0 Å². The molecule has 2 aromatic carbocycles. The zero-order valence-corrected chi connectivity index (χ0v) is 17.4. The summed E-state index contributed by atoms with van der Waals surface area (Å²) in [7, 11) is -3.75. The number of H-pyrrole nitrogens is 1. The van der Waals surface area contributed by atoms with Crippen LogP contribution in [0.25, 0.3) is 22.3 Å². The summed E-state index contributed by atoms with van der Waals surface area (Å²) >= 11 is 6.27. The monoisotopic (exact) mass is 465 g/mol. The van der Waals surface area contributed by atoms with E-state index in [1.807, 2.05) is 0 Å². The molecule has 0 atom stereocenters. The molecule has 2 aromatic heterocycles. The zero-order valence-electron chi connectivity index (χ0n) is 15.9. The fourth-order valence-electron chi connectivity index (χ4n) is 2.76. The predicted octanol–water partition coefficient (Wildman–Crippen LogP) is 4.51. The number of sulfonamides is 1. The maximum atomic E-state index is 14.0. The van der Waals surface area contributed by atoms with Crippen LogP contribution < -0.4 is 9.46 Å². The van der Waals surface area contributed by atoms with Gasteiger partial charge in [0.25, 0.3) is 0 Å². The highest BCUT2D eigenvalue weighted by Gasteiger charge is 2.22. The average Bonchev–Trinajstić information content (AvgIpc) is 3.14. The van der Waals surface area contributed by atoms with Crippen LogP contribution in [0, 0.1) is 11.6 Å². The van der Waals surface area contributed by atoms with E-state index in [0.717, 1.165) is 12.1 Å². The van der Waals surface area contributed by atoms with Gasteiger partial charge in [-0.25, -0.2) is 17.2 Å². The first kappa shape index (κ1) is 20.9. The van der Waals surface area contributed by atoms with Crippen molar-refractivity contribution < 1.29 is 21.9 Å². The Labute approximate surface area is 180 Å². The number of benzene rings is 2.